The Morgan fingerprint density at radius 3 is 2.74 bits per heavy atom. The fourth-order valence-electron chi connectivity index (χ4n) is 4.81. The number of rotatable bonds is 3. The van der Waals surface area contributed by atoms with Crippen molar-refractivity contribution in [1.29, 1.82) is 0 Å². The van der Waals surface area contributed by atoms with E-state index in [-0.39, 0.29) is 11.4 Å². The summed E-state index contributed by atoms with van der Waals surface area (Å²) in [4.78, 5) is 25.6. The van der Waals surface area contributed by atoms with Crippen LogP contribution in [0.2, 0.25) is 0 Å². The number of carbonyl (C=O) groups excluding carboxylic acids is 1. The Balaban J connectivity index is 1.53. The lowest BCUT2D eigenvalue weighted by atomic mass is 9.78. The van der Waals surface area contributed by atoms with Gasteiger partial charge in [-0.25, -0.2) is 4.98 Å². The second-order valence-electron chi connectivity index (χ2n) is 7.57. The number of aryl methyl sites for hydroxylation is 1. The zero-order valence-electron chi connectivity index (χ0n) is 16.4. The molecule has 1 spiro atoms. The number of ether oxygens (including phenoxy) is 1. The van der Waals surface area contributed by atoms with Gasteiger partial charge in [0.15, 0.2) is 0 Å². The normalized spacial score (nSPS) is 19.1. The highest BCUT2D eigenvalue weighted by atomic mass is 16.5. The van der Waals surface area contributed by atoms with Crippen LogP contribution in [0.4, 0.5) is 0 Å². The molecule has 0 atom stereocenters. The lowest BCUT2D eigenvalue weighted by Gasteiger charge is -2.50. The van der Waals surface area contributed by atoms with Crippen molar-refractivity contribution < 1.29 is 9.53 Å². The fourth-order valence-corrected chi connectivity index (χ4v) is 4.81. The van der Waals surface area contributed by atoms with E-state index < -0.39 is 0 Å². The van der Waals surface area contributed by atoms with E-state index in [1.165, 1.54) is 11.4 Å². The molecule has 1 saturated heterocycles. The van der Waals surface area contributed by atoms with Crippen LogP contribution in [-0.2, 0) is 12.0 Å². The van der Waals surface area contributed by atoms with Gasteiger partial charge in [-0.15, -0.1) is 0 Å². The standard InChI is InChI=1S/C21H28N4O2/c1-4-25-10-7-17-19(23-14-22-17)21(25)8-11-24(12-9-21)20(26)16-5-6-18(27-3)15(2)13-16/h5-6,13-14H,4,7-12H2,1-3H3,(H,22,23). The van der Waals surface area contributed by atoms with Crippen LogP contribution < -0.4 is 4.74 Å². The largest absolute Gasteiger partial charge is 0.496 e. The molecule has 0 radical (unpaired) electrons. The van der Waals surface area contributed by atoms with Crippen molar-refractivity contribution in [1.82, 2.24) is 19.8 Å². The quantitative estimate of drug-likeness (QED) is 0.905. The molecular weight excluding hydrogens is 340 g/mol. The van der Waals surface area contributed by atoms with Gasteiger partial charge in [-0.1, -0.05) is 6.92 Å². The van der Waals surface area contributed by atoms with Crippen molar-refractivity contribution in [2.24, 2.45) is 0 Å². The van der Waals surface area contributed by atoms with Gasteiger partial charge in [0, 0.05) is 37.3 Å². The minimum atomic E-state index is -0.0328. The van der Waals surface area contributed by atoms with Gasteiger partial charge in [-0.05, 0) is 50.1 Å². The zero-order chi connectivity index (χ0) is 19.0. The minimum absolute atomic E-state index is 0.0328. The van der Waals surface area contributed by atoms with E-state index in [2.05, 4.69) is 21.8 Å². The van der Waals surface area contributed by atoms with E-state index in [4.69, 9.17) is 4.74 Å². The molecule has 1 N–H and O–H groups in total. The van der Waals surface area contributed by atoms with E-state index in [0.29, 0.717) is 0 Å². The van der Waals surface area contributed by atoms with Gasteiger partial charge in [0.2, 0.25) is 0 Å². The molecule has 1 aromatic heterocycles. The van der Waals surface area contributed by atoms with Crippen LogP contribution >= 0.6 is 0 Å². The number of hydrogen-bond acceptors (Lipinski definition) is 4. The third-order valence-electron chi connectivity index (χ3n) is 6.30. The molecule has 6 nitrogen and oxygen atoms in total. The maximum absolute atomic E-state index is 13.0. The van der Waals surface area contributed by atoms with Gasteiger partial charge in [0.05, 0.1) is 24.7 Å². The molecule has 0 bridgehead atoms. The van der Waals surface area contributed by atoms with Gasteiger partial charge < -0.3 is 14.6 Å². The lowest BCUT2D eigenvalue weighted by molar-refractivity contribution is 0.0103. The Hall–Kier alpha value is -2.34. The number of hydrogen-bond donors (Lipinski definition) is 1. The third-order valence-corrected chi connectivity index (χ3v) is 6.30. The van der Waals surface area contributed by atoms with E-state index in [9.17, 15) is 4.79 Å². The summed E-state index contributed by atoms with van der Waals surface area (Å²) >= 11 is 0. The summed E-state index contributed by atoms with van der Waals surface area (Å²) in [6.07, 6.45) is 4.71. The van der Waals surface area contributed by atoms with Crippen LogP contribution in [0.15, 0.2) is 24.5 Å². The van der Waals surface area contributed by atoms with E-state index >= 15 is 0 Å². The average Bonchev–Trinajstić information content (AvgIpc) is 3.18. The summed E-state index contributed by atoms with van der Waals surface area (Å²) in [7, 11) is 1.65. The molecule has 0 aliphatic carbocycles. The van der Waals surface area contributed by atoms with Crippen molar-refractivity contribution in [2.45, 2.75) is 38.6 Å². The molecular formula is C21H28N4O2. The highest BCUT2D eigenvalue weighted by Gasteiger charge is 2.46. The molecule has 6 heteroatoms. The van der Waals surface area contributed by atoms with Gasteiger partial charge in [-0.2, -0.15) is 0 Å². The molecule has 1 fully saturated rings. The summed E-state index contributed by atoms with van der Waals surface area (Å²) in [5.74, 6) is 0.924. The average molecular weight is 368 g/mol. The summed E-state index contributed by atoms with van der Waals surface area (Å²) < 4.78 is 5.31. The third kappa shape index (κ3) is 2.92. The number of likely N-dealkylation sites (N-methyl/N-ethyl adjacent to an activating group) is 1. The molecule has 4 rings (SSSR count). The number of aromatic amines is 1. The Morgan fingerprint density at radius 1 is 1.30 bits per heavy atom. The Morgan fingerprint density at radius 2 is 2.07 bits per heavy atom. The maximum Gasteiger partial charge on any atom is 0.253 e. The van der Waals surface area contributed by atoms with Crippen molar-refractivity contribution >= 4 is 5.91 Å². The Bertz CT molecular complexity index is 836. The fraction of sp³-hybridized carbons (Fsp3) is 0.524. The summed E-state index contributed by atoms with van der Waals surface area (Å²) in [5, 5.41) is 0. The molecule has 2 aliphatic heterocycles. The number of fused-ring (bicyclic) bond motifs is 2. The van der Waals surface area contributed by atoms with Crippen LogP contribution in [-0.4, -0.2) is 59.0 Å². The van der Waals surface area contributed by atoms with Crippen LogP contribution in [0.5, 0.6) is 5.75 Å². The number of likely N-dealkylation sites (tertiary alicyclic amines) is 1. The van der Waals surface area contributed by atoms with Gasteiger partial charge in [0.25, 0.3) is 5.91 Å². The summed E-state index contributed by atoms with van der Waals surface area (Å²) in [6.45, 7) is 7.77. The minimum Gasteiger partial charge on any atom is -0.496 e. The van der Waals surface area contributed by atoms with Crippen molar-refractivity contribution in [2.75, 3.05) is 33.3 Å². The van der Waals surface area contributed by atoms with Gasteiger partial charge in [0.1, 0.15) is 5.75 Å². The monoisotopic (exact) mass is 368 g/mol. The SMILES string of the molecule is CCN1CCc2[nH]cnc2C12CCN(C(=O)c1ccc(OC)c(C)c1)CC2. The second-order valence-corrected chi connectivity index (χ2v) is 7.57. The zero-order valence-corrected chi connectivity index (χ0v) is 16.4. The van der Waals surface area contributed by atoms with Crippen LogP contribution in [0.3, 0.4) is 0 Å². The molecule has 2 aromatic rings. The number of H-pyrrole nitrogens is 1. The number of imidazole rings is 1. The first-order valence-electron chi connectivity index (χ1n) is 9.80. The van der Waals surface area contributed by atoms with Gasteiger partial charge >= 0.3 is 0 Å². The molecule has 1 amide bonds. The summed E-state index contributed by atoms with van der Waals surface area (Å²) in [6, 6.07) is 5.67. The predicted molar refractivity (Wildman–Crippen MR) is 104 cm³/mol. The molecule has 27 heavy (non-hydrogen) atoms. The number of carbonyl (C=O) groups is 1. The number of methoxy groups -OCH3 is 1. The predicted octanol–water partition coefficient (Wildman–Crippen LogP) is 2.74. The van der Waals surface area contributed by atoms with Crippen LogP contribution in [0, 0.1) is 6.92 Å². The van der Waals surface area contributed by atoms with Gasteiger partial charge in [-0.3, -0.25) is 9.69 Å². The number of amides is 1. The summed E-state index contributed by atoms with van der Waals surface area (Å²) in [5.41, 5.74) is 4.16. The second kappa shape index (κ2) is 7.00. The first kappa shape index (κ1) is 18.0. The molecule has 144 valence electrons. The molecule has 0 unspecified atom stereocenters. The number of aromatic nitrogens is 2. The number of nitrogens with one attached hydrogen (secondary N) is 1. The lowest BCUT2D eigenvalue weighted by Crippen LogP contribution is -2.57. The van der Waals surface area contributed by atoms with E-state index in [1.807, 2.05) is 36.4 Å². The van der Waals surface area contributed by atoms with Crippen molar-refractivity contribution in [3.8, 4) is 5.75 Å². The first-order chi connectivity index (χ1) is 13.1. The molecule has 3 heterocycles. The molecule has 1 aromatic carbocycles. The Labute approximate surface area is 160 Å². The van der Waals surface area contributed by atoms with Crippen LogP contribution in [0.25, 0.3) is 0 Å². The number of nitrogens with zero attached hydrogens (tertiary/aromatic N) is 3. The Kier molecular flexibility index (Phi) is 4.68. The van der Waals surface area contributed by atoms with Crippen LogP contribution in [0.1, 0.15) is 47.1 Å². The number of piperidine rings is 1. The van der Waals surface area contributed by atoms with Crippen molar-refractivity contribution in [3.63, 3.8) is 0 Å². The molecule has 2 aliphatic rings. The molecule has 0 saturated carbocycles. The van der Waals surface area contributed by atoms with Crippen molar-refractivity contribution in [3.05, 3.63) is 47.0 Å². The van der Waals surface area contributed by atoms with E-state index in [0.717, 1.165) is 62.3 Å². The number of benzene rings is 1. The highest BCUT2D eigenvalue weighted by Crippen LogP contribution is 2.42. The topological polar surface area (TPSA) is 61.5 Å². The van der Waals surface area contributed by atoms with E-state index in [1.54, 1.807) is 7.11 Å². The highest BCUT2D eigenvalue weighted by molar-refractivity contribution is 5.94. The smallest absolute Gasteiger partial charge is 0.253 e. The first-order valence-corrected chi connectivity index (χ1v) is 9.80. The maximum atomic E-state index is 13.0.